The van der Waals surface area contributed by atoms with Crippen molar-refractivity contribution in [2.45, 2.75) is 13.1 Å². The third-order valence-electron chi connectivity index (χ3n) is 1.95. The number of carbonyl (C=O) groups is 1. The number of carboxylic acid groups (broad SMARTS) is 1. The van der Waals surface area contributed by atoms with E-state index in [2.05, 4.69) is 10.2 Å². The van der Waals surface area contributed by atoms with E-state index < -0.39 is 18.7 Å². The largest absolute Gasteiger partial charge is 0.476 e. The van der Waals surface area contributed by atoms with Gasteiger partial charge in [-0.15, -0.1) is 10.2 Å². The van der Waals surface area contributed by atoms with Gasteiger partial charge in [0.2, 0.25) is 0 Å². The molecule has 1 N–H and O–H groups in total. The van der Waals surface area contributed by atoms with E-state index in [4.69, 9.17) is 5.11 Å². The van der Waals surface area contributed by atoms with Gasteiger partial charge in [0.25, 0.3) is 0 Å². The number of aromatic nitrogens is 2. The quantitative estimate of drug-likeness (QED) is 0.877. The van der Waals surface area contributed by atoms with Crippen molar-refractivity contribution in [3.8, 4) is 0 Å². The van der Waals surface area contributed by atoms with Crippen LogP contribution in [0.4, 0.5) is 19.0 Å². The van der Waals surface area contributed by atoms with Crippen molar-refractivity contribution < 1.29 is 23.1 Å². The molecule has 94 valence electrons. The average Bonchev–Trinajstić information content (AvgIpc) is 2.25. The molecule has 0 aliphatic carbocycles. The molecule has 0 aliphatic rings. The molecule has 17 heavy (non-hydrogen) atoms. The van der Waals surface area contributed by atoms with Gasteiger partial charge in [0.15, 0.2) is 11.5 Å². The first-order valence-electron chi connectivity index (χ1n) is 4.72. The molecule has 0 saturated heterocycles. The van der Waals surface area contributed by atoms with Crippen LogP contribution in [0.15, 0.2) is 12.1 Å². The van der Waals surface area contributed by atoms with Gasteiger partial charge in [0.1, 0.15) is 6.54 Å². The second-order valence-electron chi connectivity index (χ2n) is 3.21. The Morgan fingerprint density at radius 3 is 2.41 bits per heavy atom. The topological polar surface area (TPSA) is 66.3 Å². The summed E-state index contributed by atoms with van der Waals surface area (Å²) in [6.45, 7) is 0.490. The van der Waals surface area contributed by atoms with Crippen LogP contribution in [0.1, 0.15) is 17.4 Å². The van der Waals surface area contributed by atoms with Gasteiger partial charge in [-0.3, -0.25) is 0 Å². The van der Waals surface area contributed by atoms with Crippen molar-refractivity contribution in [1.82, 2.24) is 10.2 Å². The van der Waals surface area contributed by atoms with Gasteiger partial charge in [-0.25, -0.2) is 4.79 Å². The SMILES string of the molecule is CCN(CC(F)(F)F)c1ccc(C(=O)O)nn1. The zero-order valence-corrected chi connectivity index (χ0v) is 8.90. The fourth-order valence-electron chi connectivity index (χ4n) is 1.18. The fraction of sp³-hybridized carbons (Fsp3) is 0.444. The minimum Gasteiger partial charge on any atom is -0.476 e. The lowest BCUT2D eigenvalue weighted by Crippen LogP contribution is -2.34. The Kier molecular flexibility index (Phi) is 3.87. The summed E-state index contributed by atoms with van der Waals surface area (Å²) in [6.07, 6.45) is -4.34. The smallest absolute Gasteiger partial charge is 0.405 e. The van der Waals surface area contributed by atoms with Gasteiger partial charge in [-0.2, -0.15) is 13.2 Å². The van der Waals surface area contributed by atoms with E-state index in [1.54, 1.807) is 6.92 Å². The number of hydrogen-bond donors (Lipinski definition) is 1. The van der Waals surface area contributed by atoms with E-state index in [9.17, 15) is 18.0 Å². The van der Waals surface area contributed by atoms with Crippen LogP contribution in [-0.2, 0) is 0 Å². The Morgan fingerprint density at radius 2 is 2.06 bits per heavy atom. The summed E-state index contributed by atoms with van der Waals surface area (Å²) in [5.74, 6) is -1.28. The molecule has 0 unspecified atom stereocenters. The number of aromatic carboxylic acids is 1. The van der Waals surface area contributed by atoms with Gasteiger partial charge >= 0.3 is 12.1 Å². The molecule has 0 fully saturated rings. The minimum absolute atomic E-state index is 0.00479. The van der Waals surface area contributed by atoms with E-state index >= 15 is 0 Å². The Labute approximate surface area is 94.9 Å². The van der Waals surface area contributed by atoms with Crippen molar-refractivity contribution in [2.24, 2.45) is 0 Å². The normalized spacial score (nSPS) is 11.3. The Balaban J connectivity index is 2.86. The molecule has 1 aromatic rings. The number of halogens is 3. The monoisotopic (exact) mass is 249 g/mol. The van der Waals surface area contributed by atoms with Crippen molar-refractivity contribution in [1.29, 1.82) is 0 Å². The van der Waals surface area contributed by atoms with Crippen LogP contribution < -0.4 is 4.90 Å². The second-order valence-corrected chi connectivity index (χ2v) is 3.21. The highest BCUT2D eigenvalue weighted by Crippen LogP contribution is 2.19. The summed E-state index contributed by atoms with van der Waals surface area (Å²) in [4.78, 5) is 11.4. The third kappa shape index (κ3) is 3.89. The van der Waals surface area contributed by atoms with Crippen molar-refractivity contribution in [3.63, 3.8) is 0 Å². The number of carboxylic acids is 1. The number of rotatable bonds is 4. The Morgan fingerprint density at radius 1 is 1.41 bits per heavy atom. The molecule has 0 bridgehead atoms. The predicted octanol–water partition coefficient (Wildman–Crippen LogP) is 1.56. The standard InChI is InChI=1S/C9H10F3N3O2/c1-2-15(5-9(10,11)12)7-4-3-6(8(16)17)13-14-7/h3-4H,2,5H2,1H3,(H,16,17). The average molecular weight is 249 g/mol. The predicted molar refractivity (Wildman–Crippen MR) is 52.9 cm³/mol. The van der Waals surface area contributed by atoms with Crippen LogP contribution >= 0.6 is 0 Å². The fourth-order valence-corrected chi connectivity index (χ4v) is 1.18. The summed E-state index contributed by atoms with van der Waals surface area (Å²) in [7, 11) is 0. The van der Waals surface area contributed by atoms with E-state index in [0.29, 0.717) is 0 Å². The molecule has 0 aliphatic heterocycles. The molecular weight excluding hydrogens is 239 g/mol. The van der Waals surface area contributed by atoms with Gasteiger partial charge in [0.05, 0.1) is 0 Å². The molecule has 0 aromatic carbocycles. The molecule has 0 amide bonds. The molecule has 1 rings (SSSR count). The first kappa shape index (κ1) is 13.2. The lowest BCUT2D eigenvalue weighted by atomic mass is 10.3. The molecule has 8 heteroatoms. The lowest BCUT2D eigenvalue weighted by molar-refractivity contribution is -0.119. The summed E-state index contributed by atoms with van der Waals surface area (Å²) >= 11 is 0. The molecular formula is C9H10F3N3O2. The van der Waals surface area contributed by atoms with E-state index in [0.717, 1.165) is 11.0 Å². The van der Waals surface area contributed by atoms with Crippen LogP contribution in [-0.4, -0.2) is 40.5 Å². The first-order chi connectivity index (χ1) is 7.83. The molecule has 0 radical (unpaired) electrons. The number of nitrogens with zero attached hydrogens (tertiary/aromatic N) is 3. The second kappa shape index (κ2) is 4.98. The van der Waals surface area contributed by atoms with Gasteiger partial charge in [0, 0.05) is 6.54 Å². The maximum atomic E-state index is 12.2. The van der Waals surface area contributed by atoms with E-state index in [1.807, 2.05) is 0 Å². The van der Waals surface area contributed by atoms with Gasteiger partial charge in [-0.05, 0) is 19.1 Å². The number of anilines is 1. The van der Waals surface area contributed by atoms with E-state index in [-0.39, 0.29) is 18.1 Å². The summed E-state index contributed by atoms with van der Waals surface area (Å²) in [5, 5.41) is 15.3. The Hall–Kier alpha value is -1.86. The molecule has 1 heterocycles. The number of hydrogen-bond acceptors (Lipinski definition) is 4. The molecule has 0 spiro atoms. The van der Waals surface area contributed by atoms with E-state index in [1.165, 1.54) is 6.07 Å². The van der Waals surface area contributed by atoms with Crippen molar-refractivity contribution in [3.05, 3.63) is 17.8 Å². The molecule has 1 aromatic heterocycles. The molecule has 0 atom stereocenters. The van der Waals surface area contributed by atoms with Gasteiger partial charge < -0.3 is 10.0 Å². The molecule has 0 saturated carbocycles. The maximum absolute atomic E-state index is 12.2. The highest BCUT2D eigenvalue weighted by molar-refractivity contribution is 5.85. The summed E-state index contributed by atoms with van der Waals surface area (Å²) < 4.78 is 36.6. The van der Waals surface area contributed by atoms with Gasteiger partial charge in [-0.1, -0.05) is 0 Å². The van der Waals surface area contributed by atoms with Crippen molar-refractivity contribution in [2.75, 3.05) is 18.0 Å². The maximum Gasteiger partial charge on any atom is 0.405 e. The first-order valence-corrected chi connectivity index (χ1v) is 4.72. The van der Waals surface area contributed by atoms with Crippen LogP contribution in [0.5, 0.6) is 0 Å². The van der Waals surface area contributed by atoms with Crippen LogP contribution in [0.2, 0.25) is 0 Å². The Bertz CT molecular complexity index is 391. The van der Waals surface area contributed by atoms with Crippen LogP contribution in [0.25, 0.3) is 0 Å². The third-order valence-corrected chi connectivity index (χ3v) is 1.95. The zero-order valence-electron chi connectivity index (χ0n) is 8.90. The van der Waals surface area contributed by atoms with Crippen molar-refractivity contribution >= 4 is 11.8 Å². The minimum atomic E-state index is -4.34. The highest BCUT2D eigenvalue weighted by atomic mass is 19.4. The van der Waals surface area contributed by atoms with Crippen LogP contribution in [0, 0.1) is 0 Å². The number of alkyl halides is 3. The zero-order chi connectivity index (χ0) is 13.1. The molecule has 5 nitrogen and oxygen atoms in total. The summed E-state index contributed by atoms with van der Waals surface area (Å²) in [5.41, 5.74) is -0.309. The summed E-state index contributed by atoms with van der Waals surface area (Å²) in [6, 6.07) is 2.31. The van der Waals surface area contributed by atoms with Crippen LogP contribution in [0.3, 0.4) is 0 Å². The lowest BCUT2D eigenvalue weighted by Gasteiger charge is -2.22. The highest BCUT2D eigenvalue weighted by Gasteiger charge is 2.30.